The minimum Gasteiger partial charge on any atom is -0.456 e. The zero-order valence-electron chi connectivity index (χ0n) is 32.8. The molecule has 8 atom stereocenters. The third-order valence-electron chi connectivity index (χ3n) is 9.88. The van der Waals surface area contributed by atoms with E-state index in [-0.39, 0.29) is 43.8 Å². The number of nitrogens with one attached hydrogen (secondary N) is 3. The van der Waals surface area contributed by atoms with Crippen LogP contribution in [0.2, 0.25) is 0 Å². The van der Waals surface area contributed by atoms with E-state index in [9.17, 15) is 39.0 Å². The first-order chi connectivity index (χ1) is 26.1. The number of rotatable bonds is 9. The summed E-state index contributed by atoms with van der Waals surface area (Å²) >= 11 is 0. The lowest BCUT2D eigenvalue weighted by Gasteiger charge is -2.36. The Hall–Kier alpha value is -4.72. The summed E-state index contributed by atoms with van der Waals surface area (Å²) in [5.41, 5.74) is 4.45. The van der Waals surface area contributed by atoms with Crippen molar-refractivity contribution in [2.24, 2.45) is 17.8 Å². The highest BCUT2D eigenvalue weighted by atomic mass is 16.5. The maximum Gasteiger partial charge on any atom is 0.325 e. The molecule has 1 saturated heterocycles. The van der Waals surface area contributed by atoms with Crippen LogP contribution in [0.3, 0.4) is 0 Å². The molecule has 2 aliphatic rings. The lowest BCUT2D eigenvalue weighted by atomic mass is 9.84. The molecule has 2 aliphatic heterocycles. The fraction of sp³-hybridized carbons (Fsp3) is 0.524. The number of esters is 1. The quantitative estimate of drug-likeness (QED) is 0.142. The van der Waals surface area contributed by atoms with Crippen LogP contribution in [0.15, 0.2) is 78.4 Å². The van der Waals surface area contributed by atoms with Crippen molar-refractivity contribution in [3.8, 4) is 0 Å². The van der Waals surface area contributed by atoms with Gasteiger partial charge >= 0.3 is 5.97 Å². The average molecular weight is 763 g/mol. The fourth-order valence-corrected chi connectivity index (χ4v) is 6.42. The molecule has 2 heterocycles. The lowest BCUT2D eigenvalue weighted by molar-refractivity contribution is -0.156. The minimum atomic E-state index is -1.39. The van der Waals surface area contributed by atoms with Crippen molar-refractivity contribution >= 4 is 35.3 Å². The summed E-state index contributed by atoms with van der Waals surface area (Å²) in [6.45, 7) is 9.90. The van der Waals surface area contributed by atoms with Gasteiger partial charge in [0, 0.05) is 31.7 Å². The smallest absolute Gasteiger partial charge is 0.325 e. The molecule has 1 fully saturated rings. The largest absolute Gasteiger partial charge is 0.456 e. The highest BCUT2D eigenvalue weighted by Crippen LogP contribution is 2.24. The summed E-state index contributed by atoms with van der Waals surface area (Å²) in [6, 6.07) is 6.05. The molecule has 1 aromatic rings. The van der Waals surface area contributed by atoms with Crippen LogP contribution in [0.1, 0.15) is 79.2 Å². The van der Waals surface area contributed by atoms with E-state index in [2.05, 4.69) is 16.1 Å². The number of hydrazine groups is 1. The van der Waals surface area contributed by atoms with Crippen LogP contribution in [0.4, 0.5) is 0 Å². The maximum atomic E-state index is 14.2. The van der Waals surface area contributed by atoms with Gasteiger partial charge in [0.15, 0.2) is 5.78 Å². The number of fused-ring (bicyclic) bond motifs is 2. The van der Waals surface area contributed by atoms with Gasteiger partial charge < -0.3 is 30.4 Å². The normalized spacial score (nSPS) is 29.4. The van der Waals surface area contributed by atoms with Crippen molar-refractivity contribution in [2.45, 2.75) is 117 Å². The van der Waals surface area contributed by atoms with Gasteiger partial charge in [-0.05, 0) is 63.2 Å². The molecule has 2 bridgehead atoms. The number of nitrogens with zero attached hydrogens (tertiary/aromatic N) is 1. The Morgan fingerprint density at radius 2 is 1.71 bits per heavy atom. The monoisotopic (exact) mass is 762 g/mol. The van der Waals surface area contributed by atoms with Gasteiger partial charge in [-0.25, -0.2) is 5.43 Å². The minimum absolute atomic E-state index is 0.00327. The molecule has 300 valence electrons. The number of cyclic esters (lactones) is 1. The van der Waals surface area contributed by atoms with E-state index in [0.29, 0.717) is 18.4 Å². The summed E-state index contributed by atoms with van der Waals surface area (Å²) < 4.78 is 5.98. The van der Waals surface area contributed by atoms with E-state index >= 15 is 0 Å². The first kappa shape index (κ1) is 44.7. The Morgan fingerprint density at radius 1 is 1.00 bits per heavy atom. The summed E-state index contributed by atoms with van der Waals surface area (Å²) in [4.78, 5) is 79.2. The molecule has 0 spiro atoms. The van der Waals surface area contributed by atoms with Gasteiger partial charge in [0.1, 0.15) is 30.0 Å². The number of hydrogen-bond donors (Lipinski definition) is 5. The first-order valence-corrected chi connectivity index (χ1v) is 19.1. The molecule has 3 amide bonds. The van der Waals surface area contributed by atoms with E-state index in [1.807, 2.05) is 30.3 Å². The molecule has 3 rings (SSSR count). The highest BCUT2D eigenvalue weighted by Gasteiger charge is 2.38. The number of carbonyl (C=O) groups excluding carboxylic acids is 6. The molecule has 13 heteroatoms. The van der Waals surface area contributed by atoms with Gasteiger partial charge in [-0.3, -0.25) is 29.0 Å². The number of Topliss-reactive ketones (excluding diaryl/α,β-unsaturated/α-hetero) is 1. The fourth-order valence-electron chi connectivity index (χ4n) is 6.42. The molecular formula is C42H58N4O9. The van der Waals surface area contributed by atoms with Crippen LogP contribution in [-0.2, 0) is 39.9 Å². The van der Waals surface area contributed by atoms with Crippen molar-refractivity contribution in [1.29, 1.82) is 0 Å². The van der Waals surface area contributed by atoms with Crippen molar-refractivity contribution in [2.75, 3.05) is 6.54 Å². The molecule has 5 N–H and O–H groups in total. The average Bonchev–Trinajstić information content (AvgIpc) is 3.14. The number of allylic oxidation sites excluding steroid dienone is 5. The molecule has 1 aromatic carbocycles. The standard InChI is InChI=1S/C42H58N4O9/c1-26(2)37-40(52)43-34(25-31-17-9-7-10-18-31)41(53)46-24-14-19-33(45-46)42(54)55-36(27(3)15-13-16-28(4)47)21-12-8-11-20-35(49)30(6)38(50)32(39(51)44-37)23-22-29(5)48/h7-13,15-18,20,26,30,32-38,45,49-50H,14,19,21-25H2,1-6H3,(H,43,52)(H,44,51)/b12-8+,16-13+,20-11+,27-15+/t30?,32?,33?,34?,35-,36-,37?,38?/m0/s1. The Bertz CT molecular complexity index is 1620. The van der Waals surface area contributed by atoms with Crippen molar-refractivity contribution < 1.29 is 43.7 Å². The molecule has 0 radical (unpaired) electrons. The van der Waals surface area contributed by atoms with Crippen LogP contribution >= 0.6 is 0 Å². The number of amides is 3. The second-order valence-corrected chi connectivity index (χ2v) is 14.8. The Labute approximate surface area is 324 Å². The van der Waals surface area contributed by atoms with Gasteiger partial charge in [-0.2, -0.15) is 0 Å². The van der Waals surface area contributed by atoms with Gasteiger partial charge in [-0.1, -0.05) is 87.6 Å². The zero-order chi connectivity index (χ0) is 40.7. The number of aliphatic hydroxyl groups is 2. The van der Waals surface area contributed by atoms with E-state index in [4.69, 9.17) is 4.74 Å². The maximum absolute atomic E-state index is 14.2. The third-order valence-corrected chi connectivity index (χ3v) is 9.88. The van der Waals surface area contributed by atoms with E-state index in [0.717, 1.165) is 5.56 Å². The van der Waals surface area contributed by atoms with Gasteiger partial charge in [0.2, 0.25) is 11.8 Å². The number of benzene rings is 1. The third kappa shape index (κ3) is 14.1. The lowest BCUT2D eigenvalue weighted by Crippen LogP contribution is -2.62. The van der Waals surface area contributed by atoms with Crippen LogP contribution in [0, 0.1) is 17.8 Å². The van der Waals surface area contributed by atoms with Gasteiger partial charge in [0.05, 0.1) is 18.1 Å². The molecule has 13 nitrogen and oxygen atoms in total. The molecule has 0 saturated carbocycles. The first-order valence-electron chi connectivity index (χ1n) is 19.1. The molecule has 55 heavy (non-hydrogen) atoms. The molecule has 0 aliphatic carbocycles. The number of ketones is 2. The Morgan fingerprint density at radius 3 is 2.36 bits per heavy atom. The number of aliphatic hydroxyl groups excluding tert-OH is 2. The second kappa shape index (κ2) is 22.0. The van der Waals surface area contributed by atoms with Crippen LogP contribution < -0.4 is 16.1 Å². The van der Waals surface area contributed by atoms with Gasteiger partial charge in [-0.15, -0.1) is 0 Å². The summed E-state index contributed by atoms with van der Waals surface area (Å²) in [5, 5.41) is 29.4. The second-order valence-electron chi connectivity index (χ2n) is 14.8. The van der Waals surface area contributed by atoms with Crippen molar-refractivity contribution in [1.82, 2.24) is 21.1 Å². The van der Waals surface area contributed by atoms with Crippen LogP contribution in [0.5, 0.6) is 0 Å². The van der Waals surface area contributed by atoms with Gasteiger partial charge in [0.25, 0.3) is 5.91 Å². The molecule has 0 aromatic heterocycles. The number of carbonyl (C=O) groups is 6. The van der Waals surface area contributed by atoms with Crippen molar-refractivity contribution in [3.05, 3.63) is 84.0 Å². The summed E-state index contributed by atoms with van der Waals surface area (Å²) in [7, 11) is 0. The Balaban J connectivity index is 2.06. The number of hydrogen-bond acceptors (Lipinski definition) is 10. The van der Waals surface area contributed by atoms with Crippen molar-refractivity contribution in [3.63, 3.8) is 0 Å². The van der Waals surface area contributed by atoms with Crippen LogP contribution in [0.25, 0.3) is 0 Å². The SMILES string of the molecule is CC(=O)/C=C/C=C(\C)[C@@H]1C/C=C/C=C/[C@H](O)C(C)C(O)C(CCC(C)=O)C(=O)NC(C(C)C)C(=O)NC(Cc2ccccc2)C(=O)N2CCCC(N2)C(=O)O1. The van der Waals surface area contributed by atoms with E-state index < -0.39 is 77.9 Å². The molecule has 6 unspecified atom stereocenters. The van der Waals surface area contributed by atoms with E-state index in [1.165, 1.54) is 31.0 Å². The van der Waals surface area contributed by atoms with E-state index in [1.54, 1.807) is 58.1 Å². The Kier molecular flexibility index (Phi) is 17.9. The highest BCUT2D eigenvalue weighted by molar-refractivity contribution is 5.93. The predicted octanol–water partition coefficient (Wildman–Crippen LogP) is 3.21. The zero-order valence-corrected chi connectivity index (χ0v) is 32.8. The van der Waals surface area contributed by atoms with Crippen LogP contribution in [-0.4, -0.2) is 93.5 Å². The predicted molar refractivity (Wildman–Crippen MR) is 208 cm³/mol. The molecular weight excluding hydrogens is 704 g/mol. The number of ether oxygens (including phenoxy) is 1. The summed E-state index contributed by atoms with van der Waals surface area (Å²) in [5.74, 6) is -5.12. The summed E-state index contributed by atoms with van der Waals surface area (Å²) in [6.07, 6.45) is 9.01. The topological polar surface area (TPSA) is 191 Å².